The number of rotatable bonds is 3. The number of nitrogens with zero attached hydrogens (tertiary/aromatic N) is 2. The second-order valence-corrected chi connectivity index (χ2v) is 4.84. The molecule has 1 aliphatic rings. The van der Waals surface area contributed by atoms with Gasteiger partial charge in [-0.25, -0.2) is 0 Å². The van der Waals surface area contributed by atoms with Gasteiger partial charge in [0.1, 0.15) is 0 Å². The fourth-order valence-corrected chi connectivity index (χ4v) is 2.76. The molecule has 1 aromatic carbocycles. The number of carbonyl (C=O) groups excluding carboxylic acids is 1. The lowest BCUT2D eigenvalue weighted by atomic mass is 10.2. The molecule has 1 amide bonds. The third-order valence-electron chi connectivity index (χ3n) is 2.60. The summed E-state index contributed by atoms with van der Waals surface area (Å²) in [5.74, 6) is 0.549. The van der Waals surface area contributed by atoms with Gasteiger partial charge in [0, 0.05) is 23.5 Å². The van der Waals surface area contributed by atoms with E-state index in [0.29, 0.717) is 30.8 Å². The number of anilines is 2. The van der Waals surface area contributed by atoms with E-state index in [1.807, 2.05) is 12.1 Å². The van der Waals surface area contributed by atoms with Crippen molar-refractivity contribution in [3.8, 4) is 6.07 Å². The number of unbranched alkanes of at least 4 members (excludes halogenated alkanes) is 1. The highest BCUT2D eigenvalue weighted by Gasteiger charge is 2.24. The first-order valence-corrected chi connectivity index (χ1v) is 6.40. The van der Waals surface area contributed by atoms with E-state index in [0.717, 1.165) is 10.6 Å². The van der Waals surface area contributed by atoms with E-state index in [1.165, 1.54) is 11.8 Å². The van der Waals surface area contributed by atoms with Crippen LogP contribution in [-0.2, 0) is 4.79 Å². The van der Waals surface area contributed by atoms with E-state index < -0.39 is 0 Å². The minimum Gasteiger partial charge on any atom is -0.399 e. The van der Waals surface area contributed by atoms with Crippen LogP contribution in [0.4, 0.5) is 11.4 Å². The van der Waals surface area contributed by atoms with Crippen molar-refractivity contribution in [2.45, 2.75) is 17.7 Å². The van der Waals surface area contributed by atoms with E-state index in [2.05, 4.69) is 6.07 Å². The van der Waals surface area contributed by atoms with Crippen molar-refractivity contribution >= 4 is 29.0 Å². The van der Waals surface area contributed by atoms with Gasteiger partial charge in [-0.3, -0.25) is 4.79 Å². The number of amides is 1. The number of thioether (sulfide) groups is 1. The van der Waals surface area contributed by atoms with Gasteiger partial charge < -0.3 is 10.6 Å². The highest BCUT2D eigenvalue weighted by molar-refractivity contribution is 8.00. The zero-order valence-electron chi connectivity index (χ0n) is 9.35. The zero-order chi connectivity index (χ0) is 12.3. The van der Waals surface area contributed by atoms with Crippen LogP contribution in [0.2, 0.25) is 0 Å². The largest absolute Gasteiger partial charge is 0.399 e. The summed E-state index contributed by atoms with van der Waals surface area (Å²) >= 11 is 1.52. The average molecular weight is 247 g/mol. The molecule has 0 fully saturated rings. The van der Waals surface area contributed by atoms with Gasteiger partial charge in [-0.05, 0) is 24.6 Å². The van der Waals surface area contributed by atoms with Gasteiger partial charge in [-0.15, -0.1) is 11.8 Å². The topological polar surface area (TPSA) is 70.1 Å². The number of carbonyl (C=O) groups is 1. The number of nitrogen functional groups attached to an aromatic ring is 1. The monoisotopic (exact) mass is 247 g/mol. The molecule has 0 unspecified atom stereocenters. The fourth-order valence-electron chi connectivity index (χ4n) is 1.78. The number of fused-ring (bicyclic) bond motifs is 1. The van der Waals surface area contributed by atoms with Crippen LogP contribution in [0.5, 0.6) is 0 Å². The highest BCUT2D eigenvalue weighted by atomic mass is 32.2. The predicted octanol–water partition coefficient (Wildman–Crippen LogP) is 2.01. The van der Waals surface area contributed by atoms with Gasteiger partial charge in [0.05, 0.1) is 17.5 Å². The maximum atomic E-state index is 11.8. The molecule has 0 spiro atoms. The number of hydrogen-bond acceptors (Lipinski definition) is 4. The van der Waals surface area contributed by atoms with Crippen molar-refractivity contribution in [1.82, 2.24) is 0 Å². The summed E-state index contributed by atoms with van der Waals surface area (Å²) in [7, 11) is 0. The lowest BCUT2D eigenvalue weighted by Gasteiger charge is -2.28. The second kappa shape index (κ2) is 5.11. The summed E-state index contributed by atoms with van der Waals surface area (Å²) in [6.07, 6.45) is 1.18. The Morgan fingerprint density at radius 3 is 3.12 bits per heavy atom. The van der Waals surface area contributed by atoms with E-state index in [1.54, 1.807) is 11.0 Å². The minimum atomic E-state index is 0.102. The number of benzene rings is 1. The van der Waals surface area contributed by atoms with Crippen molar-refractivity contribution < 1.29 is 4.79 Å². The van der Waals surface area contributed by atoms with Crippen LogP contribution < -0.4 is 10.6 Å². The molecule has 1 aliphatic heterocycles. The molecule has 0 bridgehead atoms. The highest BCUT2D eigenvalue weighted by Crippen LogP contribution is 2.36. The predicted molar refractivity (Wildman–Crippen MR) is 68.8 cm³/mol. The molecule has 4 nitrogen and oxygen atoms in total. The van der Waals surface area contributed by atoms with E-state index in [-0.39, 0.29) is 5.91 Å². The summed E-state index contributed by atoms with van der Waals surface area (Å²) in [5, 5.41) is 8.52. The van der Waals surface area contributed by atoms with Gasteiger partial charge >= 0.3 is 0 Å². The molecular formula is C12H13N3OS. The Morgan fingerprint density at radius 2 is 2.35 bits per heavy atom. The van der Waals surface area contributed by atoms with Crippen molar-refractivity contribution in [2.24, 2.45) is 0 Å². The molecule has 2 rings (SSSR count). The molecule has 0 saturated heterocycles. The molecule has 0 aromatic heterocycles. The molecule has 2 N–H and O–H groups in total. The fraction of sp³-hybridized carbons (Fsp3) is 0.333. The second-order valence-electron chi connectivity index (χ2n) is 3.82. The zero-order valence-corrected chi connectivity index (χ0v) is 10.2. The van der Waals surface area contributed by atoms with Crippen LogP contribution >= 0.6 is 11.8 Å². The van der Waals surface area contributed by atoms with Gasteiger partial charge in [-0.2, -0.15) is 5.26 Å². The number of hydrogen-bond donors (Lipinski definition) is 1. The van der Waals surface area contributed by atoms with Crippen molar-refractivity contribution in [3.05, 3.63) is 18.2 Å². The van der Waals surface area contributed by atoms with Gasteiger partial charge in [0.2, 0.25) is 5.91 Å². The Morgan fingerprint density at radius 1 is 1.53 bits per heavy atom. The molecule has 0 aliphatic carbocycles. The first-order chi connectivity index (χ1) is 8.22. The summed E-state index contributed by atoms with van der Waals surface area (Å²) in [6.45, 7) is 0.601. The first-order valence-electron chi connectivity index (χ1n) is 5.42. The minimum absolute atomic E-state index is 0.102. The van der Waals surface area contributed by atoms with Crippen LogP contribution in [0.1, 0.15) is 12.8 Å². The molecule has 17 heavy (non-hydrogen) atoms. The maximum absolute atomic E-state index is 11.8. The number of nitrogens with two attached hydrogens (primary N) is 1. The molecule has 0 atom stereocenters. The lowest BCUT2D eigenvalue weighted by Crippen LogP contribution is -2.36. The van der Waals surface area contributed by atoms with E-state index in [4.69, 9.17) is 11.0 Å². The Labute approximate surface area is 104 Å². The van der Waals surface area contributed by atoms with E-state index >= 15 is 0 Å². The van der Waals surface area contributed by atoms with Crippen LogP contribution in [-0.4, -0.2) is 18.2 Å². The third-order valence-corrected chi connectivity index (χ3v) is 3.63. The first kappa shape index (κ1) is 11.8. The molecule has 88 valence electrons. The number of nitriles is 1. The lowest BCUT2D eigenvalue weighted by molar-refractivity contribution is -0.116. The van der Waals surface area contributed by atoms with Crippen LogP contribution in [0.3, 0.4) is 0 Å². The van der Waals surface area contributed by atoms with Crippen molar-refractivity contribution in [2.75, 3.05) is 22.9 Å². The van der Waals surface area contributed by atoms with Crippen molar-refractivity contribution in [1.29, 1.82) is 5.26 Å². The summed E-state index contributed by atoms with van der Waals surface area (Å²) < 4.78 is 0. The molecule has 1 heterocycles. The van der Waals surface area contributed by atoms with Crippen LogP contribution in [0, 0.1) is 11.3 Å². The Bertz CT molecular complexity index is 481. The SMILES string of the molecule is N#CCCCN1C(=O)CSc2cc(N)ccc21. The standard InChI is InChI=1S/C12H13N3OS/c13-5-1-2-6-15-10-4-3-9(14)7-11(10)17-8-12(15)16/h3-4,7H,1-2,6,8,14H2. The average Bonchev–Trinajstić information content (AvgIpc) is 2.32. The summed E-state index contributed by atoms with van der Waals surface area (Å²) in [6, 6.07) is 7.66. The third kappa shape index (κ3) is 2.53. The molecule has 5 heteroatoms. The smallest absolute Gasteiger partial charge is 0.237 e. The Kier molecular flexibility index (Phi) is 3.55. The van der Waals surface area contributed by atoms with Gasteiger partial charge in [-0.1, -0.05) is 0 Å². The van der Waals surface area contributed by atoms with Crippen molar-refractivity contribution in [3.63, 3.8) is 0 Å². The maximum Gasteiger partial charge on any atom is 0.237 e. The molecule has 0 saturated carbocycles. The van der Waals surface area contributed by atoms with E-state index in [9.17, 15) is 4.79 Å². The van der Waals surface area contributed by atoms with Crippen LogP contribution in [0.15, 0.2) is 23.1 Å². The van der Waals surface area contributed by atoms with Crippen LogP contribution in [0.25, 0.3) is 0 Å². The normalized spacial score (nSPS) is 14.3. The quantitative estimate of drug-likeness (QED) is 0.655. The summed E-state index contributed by atoms with van der Waals surface area (Å²) in [4.78, 5) is 14.6. The van der Waals surface area contributed by atoms with Gasteiger partial charge in [0.15, 0.2) is 0 Å². The van der Waals surface area contributed by atoms with Gasteiger partial charge in [0.25, 0.3) is 0 Å². The molecular weight excluding hydrogens is 234 g/mol. The Hall–Kier alpha value is -1.67. The molecule has 0 radical (unpaired) electrons. The molecule has 1 aromatic rings. The summed E-state index contributed by atoms with van der Waals surface area (Å²) in [5.41, 5.74) is 7.35. The Balaban J connectivity index is 2.21.